The quantitative estimate of drug-likeness (QED) is 0.720. The minimum absolute atomic E-state index is 0.624. The molecular formula is C14H34N2. The van der Waals surface area contributed by atoms with Crippen molar-refractivity contribution in [1.82, 2.24) is 10.2 Å². The Morgan fingerprint density at radius 3 is 1.81 bits per heavy atom. The smallest absolute Gasteiger partial charge is 0.00785 e. The van der Waals surface area contributed by atoms with Gasteiger partial charge in [0.25, 0.3) is 0 Å². The minimum Gasteiger partial charge on any atom is -0.317 e. The van der Waals surface area contributed by atoms with Crippen molar-refractivity contribution in [3.8, 4) is 0 Å². The minimum atomic E-state index is 0.624. The third-order valence-corrected chi connectivity index (χ3v) is 3.02. The second-order valence-electron chi connectivity index (χ2n) is 4.76. The van der Waals surface area contributed by atoms with Gasteiger partial charge in [-0.1, -0.05) is 33.6 Å². The van der Waals surface area contributed by atoms with Crippen LogP contribution in [0.2, 0.25) is 0 Å². The molecule has 2 nitrogen and oxygen atoms in total. The monoisotopic (exact) mass is 230 g/mol. The fraction of sp³-hybridized carbons (Fsp3) is 1.00. The van der Waals surface area contributed by atoms with Gasteiger partial charge in [-0.2, -0.15) is 0 Å². The number of nitrogens with zero attached hydrogens (tertiary/aromatic N) is 1. The first-order valence-corrected chi connectivity index (χ1v) is 6.90. The summed E-state index contributed by atoms with van der Waals surface area (Å²) in [6, 6.07) is 1.31. The largest absolute Gasteiger partial charge is 0.317 e. The van der Waals surface area contributed by atoms with Crippen LogP contribution >= 0.6 is 0 Å². The second kappa shape index (κ2) is 13.0. The summed E-state index contributed by atoms with van der Waals surface area (Å²) in [7, 11) is 4.23. The first-order valence-electron chi connectivity index (χ1n) is 6.90. The maximum absolute atomic E-state index is 3.27. The molecule has 2 heteroatoms. The van der Waals surface area contributed by atoms with Crippen LogP contribution in [0.15, 0.2) is 0 Å². The van der Waals surface area contributed by atoms with Crippen LogP contribution in [-0.2, 0) is 0 Å². The number of hydrogen-bond acceptors (Lipinski definition) is 2. The van der Waals surface area contributed by atoms with E-state index in [0.29, 0.717) is 12.1 Å². The van der Waals surface area contributed by atoms with E-state index in [1.54, 1.807) is 0 Å². The van der Waals surface area contributed by atoms with E-state index in [0.717, 1.165) is 0 Å². The molecule has 0 bridgehead atoms. The molecule has 1 N–H and O–H groups in total. The van der Waals surface area contributed by atoms with E-state index in [-0.39, 0.29) is 0 Å². The van der Waals surface area contributed by atoms with E-state index in [2.05, 4.69) is 51.9 Å². The predicted octanol–water partition coefficient (Wildman–Crippen LogP) is 3.52. The first kappa shape index (κ1) is 18.3. The molecule has 0 aromatic rings. The average Bonchev–Trinajstić information content (AvgIpc) is 2.29. The van der Waals surface area contributed by atoms with E-state index in [1.165, 1.54) is 32.2 Å². The van der Waals surface area contributed by atoms with Gasteiger partial charge in [0.2, 0.25) is 0 Å². The Balaban J connectivity index is 0. The number of unbranched alkanes of at least 4 members (excludes halogenated alkanes) is 1. The number of nitrogens with one attached hydrogen (secondary N) is 1. The summed E-state index contributed by atoms with van der Waals surface area (Å²) in [4.78, 5) is 2.42. The fourth-order valence-electron chi connectivity index (χ4n) is 1.38. The van der Waals surface area contributed by atoms with Crippen molar-refractivity contribution in [1.29, 1.82) is 0 Å². The summed E-state index contributed by atoms with van der Waals surface area (Å²) >= 11 is 0. The lowest BCUT2D eigenvalue weighted by atomic mass is 10.1. The molecule has 16 heavy (non-hydrogen) atoms. The van der Waals surface area contributed by atoms with Gasteiger partial charge in [-0.05, 0) is 47.3 Å². The zero-order chi connectivity index (χ0) is 13.0. The van der Waals surface area contributed by atoms with Crippen molar-refractivity contribution >= 4 is 0 Å². The Morgan fingerprint density at radius 2 is 1.50 bits per heavy atom. The third kappa shape index (κ3) is 12.0. The number of hydrogen-bond donors (Lipinski definition) is 1. The van der Waals surface area contributed by atoms with Gasteiger partial charge >= 0.3 is 0 Å². The van der Waals surface area contributed by atoms with Crippen LogP contribution in [0, 0.1) is 0 Å². The van der Waals surface area contributed by atoms with Crippen molar-refractivity contribution < 1.29 is 0 Å². The van der Waals surface area contributed by atoms with Crippen LogP contribution in [-0.4, -0.2) is 37.6 Å². The predicted molar refractivity (Wildman–Crippen MR) is 76.1 cm³/mol. The van der Waals surface area contributed by atoms with Gasteiger partial charge in [0.15, 0.2) is 0 Å². The maximum Gasteiger partial charge on any atom is 0.00785 e. The summed E-state index contributed by atoms with van der Waals surface area (Å²) < 4.78 is 0. The van der Waals surface area contributed by atoms with Crippen molar-refractivity contribution in [2.75, 3.05) is 20.6 Å². The molecular weight excluding hydrogens is 196 g/mol. The zero-order valence-electron chi connectivity index (χ0n) is 12.6. The molecule has 0 saturated heterocycles. The van der Waals surface area contributed by atoms with Crippen molar-refractivity contribution in [2.45, 2.75) is 72.4 Å². The Labute approximate surface area is 104 Å². The lowest BCUT2D eigenvalue weighted by molar-refractivity contribution is 0.233. The molecule has 0 heterocycles. The van der Waals surface area contributed by atoms with Gasteiger partial charge in [0.05, 0.1) is 0 Å². The summed E-state index contributed by atoms with van der Waals surface area (Å²) in [5.41, 5.74) is 0. The first-order chi connectivity index (χ1) is 7.53. The molecule has 0 aliphatic heterocycles. The highest BCUT2D eigenvalue weighted by molar-refractivity contribution is 4.69. The Bertz CT molecular complexity index is 124. The molecule has 0 spiro atoms. The van der Waals surface area contributed by atoms with Crippen LogP contribution in [0.4, 0.5) is 0 Å². The molecule has 0 aromatic carbocycles. The second-order valence-corrected chi connectivity index (χ2v) is 4.76. The molecule has 0 aliphatic rings. The zero-order valence-corrected chi connectivity index (χ0v) is 12.6. The summed E-state index contributed by atoms with van der Waals surface area (Å²) in [5, 5.41) is 3.27. The van der Waals surface area contributed by atoms with Crippen LogP contribution in [0.3, 0.4) is 0 Å². The highest BCUT2D eigenvalue weighted by Gasteiger charge is 2.10. The van der Waals surface area contributed by atoms with Crippen molar-refractivity contribution in [3.63, 3.8) is 0 Å². The average molecular weight is 230 g/mol. The SMILES string of the molecule is CCCC.CCCN(C)C(C)CC(C)NC. The highest BCUT2D eigenvalue weighted by Crippen LogP contribution is 2.04. The molecule has 0 saturated carbocycles. The summed E-state index contributed by atoms with van der Waals surface area (Å²) in [6.07, 6.45) is 5.11. The number of rotatable bonds is 7. The van der Waals surface area contributed by atoms with Crippen LogP contribution in [0.1, 0.15) is 60.3 Å². The van der Waals surface area contributed by atoms with E-state index in [1.807, 2.05) is 7.05 Å². The highest BCUT2D eigenvalue weighted by atomic mass is 15.1. The van der Waals surface area contributed by atoms with E-state index < -0.39 is 0 Å². The molecule has 0 aromatic heterocycles. The molecule has 0 fully saturated rings. The van der Waals surface area contributed by atoms with Gasteiger partial charge in [-0.15, -0.1) is 0 Å². The van der Waals surface area contributed by atoms with E-state index in [4.69, 9.17) is 0 Å². The van der Waals surface area contributed by atoms with Crippen LogP contribution in [0.5, 0.6) is 0 Å². The molecule has 2 atom stereocenters. The fourth-order valence-corrected chi connectivity index (χ4v) is 1.38. The van der Waals surface area contributed by atoms with E-state index in [9.17, 15) is 0 Å². The lowest BCUT2D eigenvalue weighted by Crippen LogP contribution is -2.35. The molecule has 0 aliphatic carbocycles. The molecule has 0 amide bonds. The summed E-state index contributed by atoms with van der Waals surface area (Å²) in [5.74, 6) is 0. The summed E-state index contributed by atoms with van der Waals surface area (Å²) in [6.45, 7) is 12.3. The van der Waals surface area contributed by atoms with Gasteiger partial charge in [-0.25, -0.2) is 0 Å². The standard InChI is InChI=1S/C10H24N2.C4H10/c1-6-7-12(5)10(3)8-9(2)11-4;1-3-4-2/h9-11H,6-8H2,1-5H3;3-4H2,1-2H3. The molecule has 2 unspecified atom stereocenters. The molecule has 0 radical (unpaired) electrons. The molecule has 0 rings (SSSR count). The topological polar surface area (TPSA) is 15.3 Å². The Hall–Kier alpha value is -0.0800. The molecule has 100 valence electrons. The van der Waals surface area contributed by atoms with Gasteiger partial charge in [0.1, 0.15) is 0 Å². The Kier molecular flexibility index (Phi) is 14.8. The van der Waals surface area contributed by atoms with Gasteiger partial charge in [0, 0.05) is 12.1 Å². The lowest BCUT2D eigenvalue weighted by Gasteiger charge is -2.26. The van der Waals surface area contributed by atoms with Gasteiger partial charge in [-0.3, -0.25) is 0 Å². The normalized spacial score (nSPS) is 14.2. The third-order valence-electron chi connectivity index (χ3n) is 3.02. The van der Waals surface area contributed by atoms with Crippen LogP contribution < -0.4 is 5.32 Å². The van der Waals surface area contributed by atoms with E-state index >= 15 is 0 Å². The van der Waals surface area contributed by atoms with Gasteiger partial charge < -0.3 is 10.2 Å². The van der Waals surface area contributed by atoms with Crippen molar-refractivity contribution in [3.05, 3.63) is 0 Å². The Morgan fingerprint density at radius 1 is 1.00 bits per heavy atom. The maximum atomic E-state index is 3.27. The van der Waals surface area contributed by atoms with Crippen molar-refractivity contribution in [2.24, 2.45) is 0 Å². The van der Waals surface area contributed by atoms with Crippen LogP contribution in [0.25, 0.3) is 0 Å².